The number of carbonyl (C=O) groups excluding carboxylic acids is 1. The van der Waals surface area contributed by atoms with Crippen molar-refractivity contribution in [2.24, 2.45) is 0 Å². The second-order valence-corrected chi connectivity index (χ2v) is 4.31. The van der Waals surface area contributed by atoms with Gasteiger partial charge in [0, 0.05) is 5.56 Å². The van der Waals surface area contributed by atoms with Gasteiger partial charge in [-0.25, -0.2) is 4.79 Å². The predicted octanol–water partition coefficient (Wildman–Crippen LogP) is 3.52. The van der Waals surface area contributed by atoms with Crippen LogP contribution in [0.5, 0.6) is 0 Å². The van der Waals surface area contributed by atoms with Crippen molar-refractivity contribution in [3.8, 4) is 0 Å². The van der Waals surface area contributed by atoms with E-state index in [9.17, 15) is 18.0 Å². The van der Waals surface area contributed by atoms with Crippen LogP contribution in [0.1, 0.15) is 22.9 Å². The van der Waals surface area contributed by atoms with E-state index in [0.29, 0.717) is 11.3 Å². The Kier molecular flexibility index (Phi) is 2.70. The van der Waals surface area contributed by atoms with E-state index in [2.05, 4.69) is 10.6 Å². The minimum absolute atomic E-state index is 0.231. The van der Waals surface area contributed by atoms with E-state index in [0.717, 1.165) is 6.07 Å². The third-order valence-corrected chi connectivity index (χ3v) is 3.05. The number of urea groups is 1. The summed E-state index contributed by atoms with van der Waals surface area (Å²) in [6.07, 6.45) is -3.14. The molecule has 0 fully saturated rings. The highest BCUT2D eigenvalue weighted by molar-refractivity contribution is 5.94. The molecule has 2 aromatic rings. The van der Waals surface area contributed by atoms with Crippen molar-refractivity contribution in [3.63, 3.8) is 0 Å². The second kappa shape index (κ2) is 4.29. The van der Waals surface area contributed by atoms with Gasteiger partial charge in [0.25, 0.3) is 0 Å². The number of amides is 2. The molecule has 0 saturated carbocycles. The van der Waals surface area contributed by atoms with Crippen LogP contribution in [0.2, 0.25) is 0 Å². The zero-order chi connectivity index (χ0) is 14.3. The number of fused-ring (bicyclic) bond motifs is 1. The summed E-state index contributed by atoms with van der Waals surface area (Å²) in [5.41, 5.74) is -0.791. The molecule has 0 radical (unpaired) electrons. The lowest BCUT2D eigenvalue weighted by Crippen LogP contribution is -2.39. The molecule has 1 aliphatic rings. The lowest BCUT2D eigenvalue weighted by molar-refractivity contribution is -0.137. The van der Waals surface area contributed by atoms with E-state index in [1.165, 1.54) is 18.4 Å². The fraction of sp³-hybridized carbons (Fsp3) is 0.154. The number of rotatable bonds is 1. The summed E-state index contributed by atoms with van der Waals surface area (Å²) in [5.74, 6) is 0.375. The number of hydrogen-bond donors (Lipinski definition) is 2. The molecular weight excluding hydrogens is 273 g/mol. The maximum atomic E-state index is 13.0. The Morgan fingerprint density at radius 2 is 1.95 bits per heavy atom. The summed E-state index contributed by atoms with van der Waals surface area (Å²) in [6, 6.07) is 5.52. The van der Waals surface area contributed by atoms with Crippen LogP contribution >= 0.6 is 0 Å². The Balaban J connectivity index is 2.17. The third-order valence-electron chi connectivity index (χ3n) is 3.05. The van der Waals surface area contributed by atoms with E-state index in [1.807, 2.05) is 0 Å². The zero-order valence-electron chi connectivity index (χ0n) is 9.99. The number of alkyl halides is 3. The molecule has 1 aromatic carbocycles. The molecule has 0 saturated heterocycles. The number of nitrogens with one attached hydrogen (secondary N) is 2. The molecule has 4 nitrogen and oxygen atoms in total. The maximum Gasteiger partial charge on any atom is 0.418 e. The average Bonchev–Trinajstić information content (AvgIpc) is 2.89. The van der Waals surface area contributed by atoms with Gasteiger partial charge in [-0.3, -0.25) is 0 Å². The minimum atomic E-state index is -4.54. The van der Waals surface area contributed by atoms with Crippen molar-refractivity contribution in [1.82, 2.24) is 5.32 Å². The van der Waals surface area contributed by atoms with Crippen molar-refractivity contribution in [2.45, 2.75) is 12.2 Å². The molecule has 0 bridgehead atoms. The molecule has 2 N–H and O–H groups in total. The molecule has 104 valence electrons. The van der Waals surface area contributed by atoms with Crippen LogP contribution < -0.4 is 10.6 Å². The Labute approximate surface area is 111 Å². The first kappa shape index (κ1) is 12.6. The first-order valence-electron chi connectivity index (χ1n) is 5.78. The van der Waals surface area contributed by atoms with Crippen molar-refractivity contribution < 1.29 is 22.4 Å². The fourth-order valence-corrected chi connectivity index (χ4v) is 2.22. The normalized spacial score (nSPS) is 18.1. The molecule has 7 heteroatoms. The van der Waals surface area contributed by atoms with Gasteiger partial charge < -0.3 is 15.1 Å². The summed E-state index contributed by atoms with van der Waals surface area (Å²) in [7, 11) is 0. The van der Waals surface area contributed by atoms with Gasteiger partial charge in [0.15, 0.2) is 0 Å². The van der Waals surface area contributed by atoms with Gasteiger partial charge in [0.2, 0.25) is 0 Å². The molecule has 1 aromatic heterocycles. The summed E-state index contributed by atoms with van der Waals surface area (Å²) in [5, 5.41) is 4.76. The summed E-state index contributed by atoms with van der Waals surface area (Å²) in [6.45, 7) is 0. The van der Waals surface area contributed by atoms with Crippen molar-refractivity contribution in [2.75, 3.05) is 5.32 Å². The molecule has 1 atom stereocenters. The standard InChI is InChI=1S/C13H9F3N2O2/c14-13(15,16)8-4-1-3-7-10(8)17-12(19)18-11(7)9-5-2-6-20-9/h1-6,11H,(H2,17,18,19). The monoisotopic (exact) mass is 282 g/mol. The summed E-state index contributed by atoms with van der Waals surface area (Å²) in [4.78, 5) is 11.6. The molecule has 1 aliphatic heterocycles. The van der Waals surface area contributed by atoms with Gasteiger partial charge in [0.05, 0.1) is 17.5 Å². The highest BCUT2D eigenvalue weighted by Crippen LogP contribution is 2.41. The second-order valence-electron chi connectivity index (χ2n) is 4.31. The number of carbonyl (C=O) groups is 1. The van der Waals surface area contributed by atoms with E-state index >= 15 is 0 Å². The topological polar surface area (TPSA) is 54.3 Å². The number of benzene rings is 1. The Bertz CT molecular complexity index is 650. The maximum absolute atomic E-state index is 13.0. The van der Waals surface area contributed by atoms with E-state index in [-0.39, 0.29) is 5.69 Å². The number of para-hydroxylation sites is 1. The SMILES string of the molecule is O=C1Nc2c(cccc2C(F)(F)F)C(c2ccco2)N1. The molecule has 1 unspecified atom stereocenters. The van der Waals surface area contributed by atoms with Gasteiger partial charge in [-0.2, -0.15) is 13.2 Å². The van der Waals surface area contributed by atoms with Crippen LogP contribution in [-0.4, -0.2) is 6.03 Å². The largest absolute Gasteiger partial charge is 0.467 e. The first-order chi connectivity index (χ1) is 9.47. The first-order valence-corrected chi connectivity index (χ1v) is 5.78. The Hall–Kier alpha value is -2.44. The number of halogens is 3. The smallest absolute Gasteiger partial charge is 0.418 e. The Morgan fingerprint density at radius 3 is 2.60 bits per heavy atom. The number of hydrogen-bond acceptors (Lipinski definition) is 2. The van der Waals surface area contributed by atoms with Crippen LogP contribution in [0.25, 0.3) is 0 Å². The molecule has 0 spiro atoms. The molecule has 0 aliphatic carbocycles. The van der Waals surface area contributed by atoms with Gasteiger partial charge in [0.1, 0.15) is 11.8 Å². The summed E-state index contributed by atoms with van der Waals surface area (Å²) >= 11 is 0. The van der Waals surface area contributed by atoms with Crippen LogP contribution in [0.15, 0.2) is 41.0 Å². The zero-order valence-corrected chi connectivity index (χ0v) is 9.99. The van der Waals surface area contributed by atoms with E-state index < -0.39 is 23.8 Å². The lowest BCUT2D eigenvalue weighted by atomic mass is 9.97. The van der Waals surface area contributed by atoms with Crippen LogP contribution in [0.3, 0.4) is 0 Å². The highest BCUT2D eigenvalue weighted by Gasteiger charge is 2.38. The van der Waals surface area contributed by atoms with Gasteiger partial charge in [-0.1, -0.05) is 12.1 Å². The number of anilines is 1. The lowest BCUT2D eigenvalue weighted by Gasteiger charge is -2.28. The van der Waals surface area contributed by atoms with Gasteiger partial charge in [-0.15, -0.1) is 0 Å². The third kappa shape index (κ3) is 2.01. The molecule has 2 amide bonds. The minimum Gasteiger partial charge on any atom is -0.467 e. The van der Waals surface area contributed by atoms with E-state index in [4.69, 9.17) is 4.42 Å². The van der Waals surface area contributed by atoms with Crippen LogP contribution in [0.4, 0.5) is 23.7 Å². The molecule has 2 heterocycles. The molecule has 3 rings (SSSR count). The highest BCUT2D eigenvalue weighted by atomic mass is 19.4. The molecular formula is C13H9F3N2O2. The average molecular weight is 282 g/mol. The van der Waals surface area contributed by atoms with Crippen molar-refractivity contribution in [3.05, 3.63) is 53.5 Å². The van der Waals surface area contributed by atoms with E-state index in [1.54, 1.807) is 12.1 Å². The molecule has 20 heavy (non-hydrogen) atoms. The quantitative estimate of drug-likeness (QED) is 0.840. The van der Waals surface area contributed by atoms with Gasteiger partial charge >= 0.3 is 12.2 Å². The number of furan rings is 1. The van der Waals surface area contributed by atoms with Crippen LogP contribution in [0, 0.1) is 0 Å². The Morgan fingerprint density at radius 1 is 1.15 bits per heavy atom. The van der Waals surface area contributed by atoms with Crippen molar-refractivity contribution >= 4 is 11.7 Å². The summed E-state index contributed by atoms with van der Waals surface area (Å²) < 4.78 is 44.1. The van der Waals surface area contributed by atoms with Crippen LogP contribution in [-0.2, 0) is 6.18 Å². The fourth-order valence-electron chi connectivity index (χ4n) is 2.22. The van der Waals surface area contributed by atoms with Gasteiger partial charge in [-0.05, 0) is 18.2 Å². The van der Waals surface area contributed by atoms with Crippen molar-refractivity contribution in [1.29, 1.82) is 0 Å². The predicted molar refractivity (Wildman–Crippen MR) is 64.1 cm³/mol.